The molecular weight excluding hydrogens is 286 g/mol. The summed E-state index contributed by atoms with van der Waals surface area (Å²) >= 11 is 0. The van der Waals surface area contributed by atoms with Crippen LogP contribution < -0.4 is 10.5 Å². The van der Waals surface area contributed by atoms with Gasteiger partial charge in [0.1, 0.15) is 0 Å². The van der Waals surface area contributed by atoms with E-state index >= 15 is 0 Å². The van der Waals surface area contributed by atoms with Crippen molar-refractivity contribution in [3.63, 3.8) is 0 Å². The van der Waals surface area contributed by atoms with Gasteiger partial charge in [-0.2, -0.15) is 0 Å². The van der Waals surface area contributed by atoms with Gasteiger partial charge in [-0.3, -0.25) is 4.79 Å². The monoisotopic (exact) mass is 311 g/mol. The topological polar surface area (TPSA) is 52.3 Å². The molecule has 0 saturated carbocycles. The fourth-order valence-corrected chi connectivity index (χ4v) is 2.58. The molecule has 0 amide bonds. The number of esters is 1. The molecule has 3 heteroatoms. The molecule has 0 spiro atoms. The number of nitrogens with two attached hydrogens (primary N) is 1. The summed E-state index contributed by atoms with van der Waals surface area (Å²) < 4.78 is 5.52. The van der Waals surface area contributed by atoms with Crippen molar-refractivity contribution in [1.29, 1.82) is 0 Å². The number of ether oxygens (including phenoxy) is 1. The van der Waals surface area contributed by atoms with Gasteiger partial charge in [-0.15, -0.1) is 0 Å². The van der Waals surface area contributed by atoms with Crippen LogP contribution in [0.2, 0.25) is 0 Å². The lowest BCUT2D eigenvalue weighted by Crippen LogP contribution is -2.20. The molecule has 3 nitrogen and oxygen atoms in total. The van der Waals surface area contributed by atoms with Crippen LogP contribution in [0, 0.1) is 5.92 Å². The fraction of sp³-hybridized carbons (Fsp3) is 0.350. The van der Waals surface area contributed by atoms with Crippen molar-refractivity contribution in [2.24, 2.45) is 5.92 Å². The number of benzene rings is 2. The molecule has 2 aromatic rings. The molecule has 2 rings (SSSR count). The van der Waals surface area contributed by atoms with Crippen molar-refractivity contribution in [2.45, 2.75) is 39.5 Å². The Labute approximate surface area is 138 Å². The van der Waals surface area contributed by atoms with Crippen molar-refractivity contribution >= 4 is 11.7 Å². The number of carbonyl (C=O) groups excluding carboxylic acids is 1. The first-order valence-electron chi connectivity index (χ1n) is 8.32. The first-order chi connectivity index (χ1) is 11.2. The lowest BCUT2D eigenvalue weighted by molar-refractivity contribution is -0.139. The molecule has 1 unspecified atom stereocenters. The highest BCUT2D eigenvalue weighted by Gasteiger charge is 2.19. The van der Waals surface area contributed by atoms with E-state index in [1.165, 1.54) is 0 Å². The lowest BCUT2D eigenvalue weighted by Gasteiger charge is -2.15. The average molecular weight is 311 g/mol. The highest BCUT2D eigenvalue weighted by molar-refractivity contribution is 5.78. The molecule has 0 aliphatic rings. The molecule has 0 bridgehead atoms. The van der Waals surface area contributed by atoms with Crippen molar-refractivity contribution in [2.75, 3.05) is 5.73 Å². The minimum absolute atomic E-state index is 0.0526. The first-order valence-corrected chi connectivity index (χ1v) is 8.32. The summed E-state index contributed by atoms with van der Waals surface area (Å²) in [5, 5.41) is 0. The summed E-state index contributed by atoms with van der Waals surface area (Å²) in [6.07, 6.45) is 3.78. The Morgan fingerprint density at radius 3 is 2.43 bits per heavy atom. The molecule has 0 heterocycles. The molecule has 23 heavy (non-hydrogen) atoms. The van der Waals surface area contributed by atoms with Crippen LogP contribution in [0.15, 0.2) is 48.5 Å². The number of hydrogen-bond acceptors (Lipinski definition) is 3. The zero-order valence-corrected chi connectivity index (χ0v) is 13.9. The third-order valence-electron chi connectivity index (χ3n) is 4.06. The minimum Gasteiger partial charge on any atom is -0.424 e. The van der Waals surface area contributed by atoms with E-state index < -0.39 is 0 Å². The van der Waals surface area contributed by atoms with E-state index in [4.69, 9.17) is 10.5 Å². The second-order valence-corrected chi connectivity index (χ2v) is 5.79. The summed E-state index contributed by atoms with van der Waals surface area (Å²) in [5.41, 5.74) is 8.67. The molecular formula is C20H25NO2. The molecule has 0 aliphatic carbocycles. The van der Waals surface area contributed by atoms with Crippen LogP contribution in [0.5, 0.6) is 5.75 Å². The molecule has 0 aliphatic heterocycles. The molecule has 0 fully saturated rings. The largest absolute Gasteiger partial charge is 0.424 e. The molecule has 2 N–H and O–H groups in total. The number of unbranched alkanes of at least 4 members (excludes halogenated alkanes) is 1. The quantitative estimate of drug-likeness (QED) is 0.442. The van der Waals surface area contributed by atoms with Crippen LogP contribution in [0.4, 0.5) is 5.69 Å². The van der Waals surface area contributed by atoms with Gasteiger partial charge in [0, 0.05) is 0 Å². The van der Waals surface area contributed by atoms with Crippen molar-refractivity contribution < 1.29 is 9.53 Å². The number of hydrogen-bond donors (Lipinski definition) is 1. The normalized spacial score (nSPS) is 11.9. The van der Waals surface area contributed by atoms with Crippen molar-refractivity contribution in [3.8, 4) is 16.9 Å². The van der Waals surface area contributed by atoms with Gasteiger partial charge in [-0.1, -0.05) is 63.1 Å². The average Bonchev–Trinajstić information content (AvgIpc) is 2.58. The Kier molecular flexibility index (Phi) is 6.21. The zero-order valence-electron chi connectivity index (χ0n) is 13.9. The van der Waals surface area contributed by atoms with Crippen LogP contribution >= 0.6 is 0 Å². The van der Waals surface area contributed by atoms with Gasteiger partial charge in [0.2, 0.25) is 0 Å². The van der Waals surface area contributed by atoms with Crippen LogP contribution in [0.3, 0.4) is 0 Å². The van der Waals surface area contributed by atoms with Gasteiger partial charge in [-0.25, -0.2) is 0 Å². The van der Waals surface area contributed by atoms with E-state index in [1.54, 1.807) is 6.07 Å². The lowest BCUT2D eigenvalue weighted by atomic mass is 9.99. The van der Waals surface area contributed by atoms with Gasteiger partial charge < -0.3 is 10.5 Å². The predicted octanol–water partition coefficient (Wildman–Crippen LogP) is 5.06. The summed E-state index contributed by atoms with van der Waals surface area (Å²) in [5.74, 6) is 0.216. The smallest absolute Gasteiger partial charge is 0.314 e. The summed E-state index contributed by atoms with van der Waals surface area (Å²) in [7, 11) is 0. The maximum Gasteiger partial charge on any atom is 0.314 e. The second kappa shape index (κ2) is 8.37. The van der Waals surface area contributed by atoms with Crippen molar-refractivity contribution in [1.82, 2.24) is 0 Å². The molecule has 2 aromatic carbocycles. The Bertz CT molecular complexity index is 637. The number of carbonyl (C=O) groups is 1. The van der Waals surface area contributed by atoms with E-state index in [2.05, 4.69) is 6.92 Å². The standard InChI is InChI=1S/C20H25NO2/c1-3-5-9-15(4-2)20(22)23-19-13-12-17(14-18(19)21)16-10-7-6-8-11-16/h6-8,10-15H,3-5,9,21H2,1-2H3. The van der Waals surface area contributed by atoms with Gasteiger partial charge in [0.05, 0.1) is 11.6 Å². The van der Waals surface area contributed by atoms with Crippen LogP contribution in [0.25, 0.3) is 11.1 Å². The summed E-state index contributed by atoms with van der Waals surface area (Å²) in [6.45, 7) is 4.14. The van der Waals surface area contributed by atoms with E-state index in [9.17, 15) is 4.79 Å². The Morgan fingerprint density at radius 1 is 1.09 bits per heavy atom. The van der Waals surface area contributed by atoms with Gasteiger partial charge in [0.15, 0.2) is 5.75 Å². The summed E-state index contributed by atoms with van der Waals surface area (Å²) in [6, 6.07) is 15.6. The number of rotatable bonds is 7. The maximum atomic E-state index is 12.3. The molecule has 0 aromatic heterocycles. The summed E-state index contributed by atoms with van der Waals surface area (Å²) in [4.78, 5) is 12.3. The maximum absolute atomic E-state index is 12.3. The van der Waals surface area contributed by atoms with Gasteiger partial charge >= 0.3 is 5.97 Å². The van der Waals surface area contributed by atoms with Crippen LogP contribution in [0.1, 0.15) is 39.5 Å². The highest BCUT2D eigenvalue weighted by Crippen LogP contribution is 2.29. The predicted molar refractivity (Wildman–Crippen MR) is 95.2 cm³/mol. The molecule has 0 saturated heterocycles. The second-order valence-electron chi connectivity index (χ2n) is 5.79. The van der Waals surface area contributed by atoms with E-state index in [-0.39, 0.29) is 11.9 Å². The van der Waals surface area contributed by atoms with Crippen molar-refractivity contribution in [3.05, 3.63) is 48.5 Å². The SMILES string of the molecule is CCCCC(CC)C(=O)Oc1ccc(-c2ccccc2)cc1N. The zero-order chi connectivity index (χ0) is 16.7. The molecule has 122 valence electrons. The third kappa shape index (κ3) is 4.59. The van der Waals surface area contributed by atoms with Crippen LogP contribution in [-0.2, 0) is 4.79 Å². The number of anilines is 1. The Morgan fingerprint density at radius 2 is 1.83 bits per heavy atom. The third-order valence-corrected chi connectivity index (χ3v) is 4.06. The van der Waals surface area contributed by atoms with Gasteiger partial charge in [-0.05, 0) is 36.1 Å². The van der Waals surface area contributed by atoms with E-state index in [0.717, 1.165) is 36.8 Å². The molecule has 1 atom stereocenters. The van der Waals surface area contributed by atoms with E-state index in [1.807, 2.05) is 49.4 Å². The van der Waals surface area contributed by atoms with Crippen LogP contribution in [-0.4, -0.2) is 5.97 Å². The highest BCUT2D eigenvalue weighted by atomic mass is 16.5. The Balaban J connectivity index is 2.10. The first kappa shape index (κ1) is 17.1. The number of nitrogen functional groups attached to an aromatic ring is 1. The minimum atomic E-state index is -0.180. The fourth-order valence-electron chi connectivity index (χ4n) is 2.58. The van der Waals surface area contributed by atoms with Gasteiger partial charge in [0.25, 0.3) is 0 Å². The van der Waals surface area contributed by atoms with E-state index in [0.29, 0.717) is 11.4 Å². The molecule has 0 radical (unpaired) electrons. The Hall–Kier alpha value is -2.29.